The number of benzene rings is 1. The van der Waals surface area contributed by atoms with Crippen LogP contribution in [0.5, 0.6) is 0 Å². The van der Waals surface area contributed by atoms with E-state index in [4.69, 9.17) is 4.74 Å². The van der Waals surface area contributed by atoms with Crippen molar-refractivity contribution in [1.82, 2.24) is 9.88 Å². The highest BCUT2D eigenvalue weighted by atomic mass is 16.5. The van der Waals surface area contributed by atoms with Gasteiger partial charge in [-0.1, -0.05) is 18.2 Å². The summed E-state index contributed by atoms with van der Waals surface area (Å²) in [4.78, 5) is 0. The maximum absolute atomic E-state index is 5.49. The molecule has 0 saturated carbocycles. The molecule has 3 rings (SSSR count). The van der Waals surface area contributed by atoms with Gasteiger partial charge >= 0.3 is 0 Å². The number of aryl methyl sites for hydroxylation is 1. The quantitative estimate of drug-likeness (QED) is 0.846. The Balaban J connectivity index is 1.45. The van der Waals surface area contributed by atoms with Crippen LogP contribution in [0, 0.1) is 0 Å². The maximum atomic E-state index is 5.49. The molecule has 0 amide bonds. The van der Waals surface area contributed by atoms with Crippen LogP contribution < -0.4 is 5.32 Å². The Kier molecular flexibility index (Phi) is 4.72. The first kappa shape index (κ1) is 13.7. The summed E-state index contributed by atoms with van der Waals surface area (Å²) in [6.45, 7) is 4.04. The fourth-order valence-electron chi connectivity index (χ4n) is 3.00. The lowest BCUT2D eigenvalue weighted by atomic mass is 10.1. The molecule has 1 saturated heterocycles. The van der Waals surface area contributed by atoms with Crippen LogP contribution in [0.3, 0.4) is 0 Å². The molecule has 1 aromatic carbocycles. The molecule has 0 aliphatic carbocycles. The van der Waals surface area contributed by atoms with Crippen LogP contribution in [0.4, 0.5) is 0 Å². The third-order valence-corrected chi connectivity index (χ3v) is 4.14. The second-order valence-corrected chi connectivity index (χ2v) is 5.62. The van der Waals surface area contributed by atoms with Crippen molar-refractivity contribution in [3.8, 4) is 0 Å². The average Bonchev–Trinajstić information content (AvgIpc) is 2.71. The third kappa shape index (κ3) is 3.41. The van der Waals surface area contributed by atoms with Crippen LogP contribution in [-0.4, -0.2) is 30.4 Å². The fraction of sp³-hybridized carbons (Fsp3) is 0.529. The van der Waals surface area contributed by atoms with Gasteiger partial charge in [0, 0.05) is 37.5 Å². The Morgan fingerprint density at radius 1 is 1.15 bits per heavy atom. The molecule has 1 unspecified atom stereocenters. The predicted molar refractivity (Wildman–Crippen MR) is 83.0 cm³/mol. The lowest BCUT2D eigenvalue weighted by Gasteiger charge is -2.15. The van der Waals surface area contributed by atoms with Crippen LogP contribution in [-0.2, 0) is 11.3 Å². The lowest BCUT2D eigenvalue weighted by molar-refractivity contribution is 0.142. The van der Waals surface area contributed by atoms with E-state index < -0.39 is 0 Å². The van der Waals surface area contributed by atoms with Gasteiger partial charge in [-0.05, 0) is 49.7 Å². The molecule has 3 heteroatoms. The van der Waals surface area contributed by atoms with Crippen molar-refractivity contribution >= 4 is 10.9 Å². The molecular formula is C17H24N2O. The topological polar surface area (TPSA) is 26.2 Å². The zero-order valence-electron chi connectivity index (χ0n) is 12.1. The van der Waals surface area contributed by atoms with Crippen LogP contribution >= 0.6 is 0 Å². The summed E-state index contributed by atoms with van der Waals surface area (Å²) in [5.41, 5.74) is 1.34. The fourth-order valence-corrected chi connectivity index (χ4v) is 3.00. The van der Waals surface area contributed by atoms with E-state index in [1.54, 1.807) is 0 Å². The second kappa shape index (κ2) is 6.91. The molecule has 1 aliphatic rings. The molecule has 1 N–H and O–H groups in total. The van der Waals surface area contributed by atoms with Crippen LogP contribution in [0.1, 0.15) is 25.7 Å². The zero-order chi connectivity index (χ0) is 13.6. The Morgan fingerprint density at radius 3 is 3.10 bits per heavy atom. The van der Waals surface area contributed by atoms with E-state index in [1.807, 2.05) is 0 Å². The molecule has 1 atom stereocenters. The summed E-state index contributed by atoms with van der Waals surface area (Å²) in [5.74, 6) is 0. The van der Waals surface area contributed by atoms with Gasteiger partial charge in [0.15, 0.2) is 0 Å². The highest BCUT2D eigenvalue weighted by Crippen LogP contribution is 2.15. The minimum absolute atomic E-state index is 0.652. The number of ether oxygens (including phenoxy) is 1. The number of rotatable bonds is 5. The number of nitrogens with zero attached hydrogens (tertiary/aromatic N) is 1. The second-order valence-electron chi connectivity index (χ2n) is 5.62. The van der Waals surface area contributed by atoms with Crippen molar-refractivity contribution < 1.29 is 4.74 Å². The number of fused-ring (bicyclic) bond motifs is 1. The van der Waals surface area contributed by atoms with E-state index in [9.17, 15) is 0 Å². The van der Waals surface area contributed by atoms with E-state index in [0.717, 1.165) is 32.7 Å². The number of nitrogens with one attached hydrogen (secondary N) is 1. The highest BCUT2D eigenvalue weighted by Gasteiger charge is 2.11. The zero-order valence-corrected chi connectivity index (χ0v) is 12.1. The molecule has 1 aromatic heterocycles. The van der Waals surface area contributed by atoms with Crippen molar-refractivity contribution in [3.63, 3.8) is 0 Å². The van der Waals surface area contributed by atoms with Gasteiger partial charge in [-0.2, -0.15) is 0 Å². The van der Waals surface area contributed by atoms with E-state index in [0.29, 0.717) is 6.04 Å². The number of aromatic nitrogens is 1. The third-order valence-electron chi connectivity index (χ3n) is 4.14. The predicted octanol–water partition coefficient (Wildman–Crippen LogP) is 3.19. The number of hydrogen-bond acceptors (Lipinski definition) is 2. The average molecular weight is 272 g/mol. The maximum Gasteiger partial charge on any atom is 0.0480 e. The first-order valence-corrected chi connectivity index (χ1v) is 7.78. The summed E-state index contributed by atoms with van der Waals surface area (Å²) in [7, 11) is 0. The highest BCUT2D eigenvalue weighted by molar-refractivity contribution is 5.79. The van der Waals surface area contributed by atoms with Crippen molar-refractivity contribution in [2.24, 2.45) is 0 Å². The van der Waals surface area contributed by atoms with Gasteiger partial charge in [-0.3, -0.25) is 0 Å². The largest absolute Gasteiger partial charge is 0.381 e. The summed E-state index contributed by atoms with van der Waals surface area (Å²) < 4.78 is 7.85. The monoisotopic (exact) mass is 272 g/mol. The van der Waals surface area contributed by atoms with E-state index in [-0.39, 0.29) is 0 Å². The Morgan fingerprint density at radius 2 is 2.10 bits per heavy atom. The van der Waals surface area contributed by atoms with Gasteiger partial charge in [-0.25, -0.2) is 0 Å². The van der Waals surface area contributed by atoms with E-state index >= 15 is 0 Å². The van der Waals surface area contributed by atoms with Crippen molar-refractivity contribution in [2.45, 2.75) is 38.3 Å². The molecule has 3 nitrogen and oxygen atoms in total. The molecular weight excluding hydrogens is 248 g/mol. The van der Waals surface area contributed by atoms with Gasteiger partial charge in [-0.15, -0.1) is 0 Å². The van der Waals surface area contributed by atoms with Crippen LogP contribution in [0.2, 0.25) is 0 Å². The van der Waals surface area contributed by atoms with Gasteiger partial charge in [0.25, 0.3) is 0 Å². The number of hydrogen-bond donors (Lipinski definition) is 1. The van der Waals surface area contributed by atoms with Crippen LogP contribution in [0.15, 0.2) is 36.5 Å². The SMILES string of the molecule is c1ccc2c(c1)ccn2CCCNC1CCCOCC1. The summed E-state index contributed by atoms with van der Waals surface area (Å²) in [5, 5.41) is 5.01. The molecule has 2 aromatic rings. The van der Waals surface area contributed by atoms with Gasteiger partial charge in [0.1, 0.15) is 0 Å². The molecule has 0 radical (unpaired) electrons. The first-order valence-electron chi connectivity index (χ1n) is 7.78. The van der Waals surface area contributed by atoms with Crippen molar-refractivity contribution in [2.75, 3.05) is 19.8 Å². The molecule has 1 fully saturated rings. The standard InChI is InChI=1S/C17H24N2O/c1-2-7-17-15(5-1)8-12-19(17)11-4-10-18-16-6-3-13-20-14-9-16/h1-2,5,7-8,12,16,18H,3-4,6,9-11,13-14H2. The van der Waals surface area contributed by atoms with Crippen molar-refractivity contribution in [1.29, 1.82) is 0 Å². The van der Waals surface area contributed by atoms with Gasteiger partial charge in [0.2, 0.25) is 0 Å². The van der Waals surface area contributed by atoms with Gasteiger partial charge < -0.3 is 14.6 Å². The lowest BCUT2D eigenvalue weighted by Crippen LogP contribution is -2.30. The van der Waals surface area contributed by atoms with Crippen molar-refractivity contribution in [3.05, 3.63) is 36.5 Å². The first-order chi connectivity index (χ1) is 9.93. The molecule has 1 aliphatic heterocycles. The Hall–Kier alpha value is -1.32. The van der Waals surface area contributed by atoms with Gasteiger partial charge in [0.05, 0.1) is 0 Å². The molecule has 108 valence electrons. The van der Waals surface area contributed by atoms with E-state index in [2.05, 4.69) is 46.4 Å². The van der Waals surface area contributed by atoms with Crippen LogP contribution in [0.25, 0.3) is 10.9 Å². The molecule has 20 heavy (non-hydrogen) atoms. The Labute approximate surface area is 120 Å². The minimum atomic E-state index is 0.652. The molecule has 0 bridgehead atoms. The minimum Gasteiger partial charge on any atom is -0.381 e. The summed E-state index contributed by atoms with van der Waals surface area (Å²) in [6.07, 6.45) is 6.99. The van der Waals surface area contributed by atoms with E-state index in [1.165, 1.54) is 30.2 Å². The summed E-state index contributed by atoms with van der Waals surface area (Å²) in [6, 6.07) is 11.4. The molecule has 0 spiro atoms. The summed E-state index contributed by atoms with van der Waals surface area (Å²) >= 11 is 0. The smallest absolute Gasteiger partial charge is 0.0480 e. The molecule has 2 heterocycles. The Bertz CT molecular complexity index is 527. The normalized spacial score (nSPS) is 20.1. The number of para-hydroxylation sites is 1.